The van der Waals surface area contributed by atoms with Gasteiger partial charge in [0.25, 0.3) is 0 Å². The van der Waals surface area contributed by atoms with Crippen molar-refractivity contribution in [3.05, 3.63) is 35.2 Å². The number of phenolic OH excluding ortho intramolecular Hbond substituents is 1. The minimum absolute atomic E-state index is 0.0154. The molecule has 3 nitrogen and oxygen atoms in total. The maximum atomic E-state index is 12.6. The second-order valence-electron chi connectivity index (χ2n) is 6.73. The highest BCUT2D eigenvalue weighted by molar-refractivity contribution is 6.09. The van der Waals surface area contributed by atoms with Crippen molar-refractivity contribution in [2.45, 2.75) is 33.6 Å². The third-order valence-electron chi connectivity index (χ3n) is 4.25. The number of hydrogen-bond acceptors (Lipinski definition) is 2. The van der Waals surface area contributed by atoms with E-state index in [1.807, 2.05) is 30.8 Å². The molecule has 1 aliphatic carbocycles. The molecule has 3 heteroatoms. The van der Waals surface area contributed by atoms with Crippen molar-refractivity contribution < 1.29 is 14.5 Å². The average Bonchev–Trinajstić information content (AvgIpc) is 2.31. The monoisotopic (exact) mass is 270 g/mol. The number of aryl methyl sites for hydroxylation is 2. The summed E-state index contributed by atoms with van der Waals surface area (Å²) in [4.78, 5) is 12.6. The smallest absolute Gasteiger partial charge is 0.193 e. The molecule has 0 aliphatic heterocycles. The fourth-order valence-corrected chi connectivity index (χ4v) is 3.22. The van der Waals surface area contributed by atoms with Gasteiger partial charge < -0.3 is 5.11 Å². The predicted molar refractivity (Wildman–Crippen MR) is 78.0 cm³/mol. The van der Waals surface area contributed by atoms with Gasteiger partial charge in [-0.1, -0.05) is 13.8 Å². The molecular formula is C17H20NO2+. The highest BCUT2D eigenvalue weighted by Gasteiger charge is 2.37. The van der Waals surface area contributed by atoms with Crippen molar-refractivity contribution in [2.24, 2.45) is 12.5 Å². The Kier molecular flexibility index (Phi) is 2.65. The number of Topliss-reactive ketones (excluding diaryl/α,β-unsaturated/α-hetero) is 1. The number of aromatic hydroxyl groups is 1. The topological polar surface area (TPSA) is 41.2 Å². The number of rotatable bonds is 0. The van der Waals surface area contributed by atoms with Crippen LogP contribution in [0.3, 0.4) is 0 Å². The first kappa shape index (κ1) is 13.1. The summed E-state index contributed by atoms with van der Waals surface area (Å²) < 4.78 is 2.03. The first-order chi connectivity index (χ1) is 9.28. The van der Waals surface area contributed by atoms with Gasteiger partial charge in [0.1, 0.15) is 12.8 Å². The number of nitrogens with zero attached hydrogens (tertiary/aromatic N) is 1. The number of carbonyl (C=O) groups is 1. The van der Waals surface area contributed by atoms with Crippen LogP contribution in [0.15, 0.2) is 18.3 Å². The number of phenols is 1. The van der Waals surface area contributed by atoms with Crippen LogP contribution in [0.4, 0.5) is 0 Å². The second kappa shape index (κ2) is 4.05. The van der Waals surface area contributed by atoms with Gasteiger partial charge in [0, 0.05) is 18.2 Å². The summed E-state index contributed by atoms with van der Waals surface area (Å²) in [7, 11) is 1.98. The van der Waals surface area contributed by atoms with Crippen LogP contribution in [-0.2, 0) is 13.5 Å². The maximum Gasteiger partial charge on any atom is 0.193 e. The molecule has 0 fully saturated rings. The third-order valence-corrected chi connectivity index (χ3v) is 4.25. The van der Waals surface area contributed by atoms with Gasteiger partial charge in [-0.3, -0.25) is 4.79 Å². The number of hydrogen-bond donors (Lipinski definition) is 1. The van der Waals surface area contributed by atoms with E-state index >= 15 is 0 Å². The molecule has 0 saturated carbocycles. The molecule has 2 aromatic rings. The fourth-order valence-electron chi connectivity index (χ4n) is 3.22. The van der Waals surface area contributed by atoms with Crippen molar-refractivity contribution in [3.63, 3.8) is 0 Å². The van der Waals surface area contributed by atoms with Crippen LogP contribution in [0.2, 0.25) is 0 Å². The van der Waals surface area contributed by atoms with Crippen LogP contribution in [0.25, 0.3) is 10.8 Å². The van der Waals surface area contributed by atoms with Crippen LogP contribution in [0.5, 0.6) is 5.75 Å². The van der Waals surface area contributed by atoms with Crippen LogP contribution < -0.4 is 4.57 Å². The molecule has 0 atom stereocenters. The highest BCUT2D eigenvalue weighted by Crippen LogP contribution is 2.37. The lowest BCUT2D eigenvalue weighted by Crippen LogP contribution is -2.41. The van der Waals surface area contributed by atoms with Crippen molar-refractivity contribution in [2.75, 3.05) is 0 Å². The average molecular weight is 270 g/mol. The molecule has 0 spiro atoms. The first-order valence-corrected chi connectivity index (χ1v) is 6.96. The second-order valence-corrected chi connectivity index (χ2v) is 6.73. The third kappa shape index (κ3) is 1.89. The van der Waals surface area contributed by atoms with E-state index in [2.05, 4.69) is 13.8 Å². The molecule has 20 heavy (non-hydrogen) atoms. The van der Waals surface area contributed by atoms with E-state index in [1.54, 1.807) is 6.07 Å². The normalized spacial score (nSPS) is 17.3. The number of ketones is 1. The predicted octanol–water partition coefficient (Wildman–Crippen LogP) is 2.83. The largest absolute Gasteiger partial charge is 0.508 e. The molecule has 1 N–H and O–H groups in total. The quantitative estimate of drug-likeness (QED) is 0.748. The summed E-state index contributed by atoms with van der Waals surface area (Å²) in [5, 5.41) is 11.8. The molecular weight excluding hydrogens is 250 g/mol. The van der Waals surface area contributed by atoms with Crippen molar-refractivity contribution in [1.29, 1.82) is 0 Å². The van der Waals surface area contributed by atoms with Crippen LogP contribution >= 0.6 is 0 Å². The standard InChI is InChI=1S/C17H19NO2/c1-10-5-12-11(6-14(10)19)9-18(4)13-7-17(2,3)8-15(20)16(12)13/h5-6,9H,7-8H2,1-4H3/p+1. The molecule has 3 rings (SSSR count). The van der Waals surface area contributed by atoms with E-state index in [0.717, 1.165) is 34.0 Å². The van der Waals surface area contributed by atoms with Gasteiger partial charge in [-0.2, -0.15) is 0 Å². The summed E-state index contributed by atoms with van der Waals surface area (Å²) >= 11 is 0. The van der Waals surface area contributed by atoms with Crippen molar-refractivity contribution >= 4 is 16.6 Å². The Bertz CT molecular complexity index is 744. The van der Waals surface area contributed by atoms with E-state index in [4.69, 9.17) is 0 Å². The Morgan fingerprint density at radius 1 is 1.25 bits per heavy atom. The summed E-state index contributed by atoms with van der Waals surface area (Å²) in [6.45, 7) is 6.14. The fraction of sp³-hybridized carbons (Fsp3) is 0.412. The number of fused-ring (bicyclic) bond motifs is 3. The molecule has 0 bridgehead atoms. The van der Waals surface area contributed by atoms with Gasteiger partial charge in [-0.05, 0) is 30.0 Å². The van der Waals surface area contributed by atoms with Crippen LogP contribution in [-0.4, -0.2) is 10.9 Å². The summed E-state index contributed by atoms with van der Waals surface area (Å²) in [6, 6.07) is 3.68. The Morgan fingerprint density at radius 2 is 1.95 bits per heavy atom. The molecule has 0 saturated heterocycles. The van der Waals surface area contributed by atoms with Crippen molar-refractivity contribution in [3.8, 4) is 5.75 Å². The molecule has 104 valence electrons. The zero-order valence-corrected chi connectivity index (χ0v) is 12.4. The molecule has 1 heterocycles. The Morgan fingerprint density at radius 3 is 2.65 bits per heavy atom. The summed E-state index contributed by atoms with van der Waals surface area (Å²) in [5.41, 5.74) is 2.77. The minimum Gasteiger partial charge on any atom is -0.508 e. The van der Waals surface area contributed by atoms with Gasteiger partial charge in [-0.15, -0.1) is 0 Å². The van der Waals surface area contributed by atoms with Gasteiger partial charge in [0.2, 0.25) is 0 Å². The Labute approximate surface area is 118 Å². The zero-order valence-electron chi connectivity index (χ0n) is 12.4. The number of aromatic nitrogens is 1. The lowest BCUT2D eigenvalue weighted by atomic mass is 9.74. The van der Waals surface area contributed by atoms with E-state index in [-0.39, 0.29) is 16.9 Å². The van der Waals surface area contributed by atoms with Gasteiger partial charge >= 0.3 is 0 Å². The lowest BCUT2D eigenvalue weighted by molar-refractivity contribution is -0.678. The van der Waals surface area contributed by atoms with E-state index in [9.17, 15) is 9.90 Å². The van der Waals surface area contributed by atoms with Gasteiger partial charge in [0.05, 0.1) is 10.9 Å². The van der Waals surface area contributed by atoms with Crippen molar-refractivity contribution in [1.82, 2.24) is 0 Å². The SMILES string of the molecule is Cc1cc2c3c([n+](C)cc2cc1O)CC(C)(C)CC3=O. The zero-order chi connectivity index (χ0) is 14.7. The molecule has 1 aliphatic rings. The lowest BCUT2D eigenvalue weighted by Gasteiger charge is -2.28. The Hall–Kier alpha value is -1.90. The van der Waals surface area contributed by atoms with Crippen LogP contribution in [0.1, 0.15) is 41.9 Å². The highest BCUT2D eigenvalue weighted by atomic mass is 16.3. The number of benzene rings is 1. The van der Waals surface area contributed by atoms with E-state index in [0.29, 0.717) is 6.42 Å². The molecule has 0 unspecified atom stereocenters. The first-order valence-electron chi connectivity index (χ1n) is 6.96. The van der Waals surface area contributed by atoms with E-state index < -0.39 is 0 Å². The molecule has 1 aromatic carbocycles. The maximum absolute atomic E-state index is 12.6. The number of pyridine rings is 1. The molecule has 0 amide bonds. The minimum atomic E-state index is 0.0154. The van der Waals surface area contributed by atoms with E-state index in [1.165, 1.54) is 0 Å². The number of carbonyl (C=O) groups excluding carboxylic acids is 1. The summed E-state index contributed by atoms with van der Waals surface area (Å²) in [6.07, 6.45) is 3.49. The Balaban J connectivity index is 2.39. The van der Waals surface area contributed by atoms with Gasteiger partial charge in [0.15, 0.2) is 17.7 Å². The molecule has 0 radical (unpaired) electrons. The summed E-state index contributed by atoms with van der Waals surface area (Å²) in [5.74, 6) is 0.489. The van der Waals surface area contributed by atoms with Crippen LogP contribution in [0, 0.1) is 12.3 Å². The molecule has 1 aromatic heterocycles. The van der Waals surface area contributed by atoms with Gasteiger partial charge in [-0.25, -0.2) is 4.57 Å².